The molecule has 0 unspecified atom stereocenters. The first-order chi connectivity index (χ1) is 10.2. The predicted molar refractivity (Wildman–Crippen MR) is 80.0 cm³/mol. The van der Waals surface area contributed by atoms with Crippen molar-refractivity contribution in [1.82, 2.24) is 10.5 Å². The summed E-state index contributed by atoms with van der Waals surface area (Å²) in [6.07, 6.45) is 0. The van der Waals surface area contributed by atoms with E-state index in [4.69, 9.17) is 14.0 Å². The van der Waals surface area contributed by atoms with Gasteiger partial charge in [-0.3, -0.25) is 0 Å². The van der Waals surface area contributed by atoms with Gasteiger partial charge in [0, 0.05) is 25.8 Å². The number of nitrogens with zero attached hydrogens (tertiary/aromatic N) is 1. The molecule has 0 saturated carbocycles. The van der Waals surface area contributed by atoms with E-state index >= 15 is 0 Å². The van der Waals surface area contributed by atoms with Crippen molar-refractivity contribution in [3.63, 3.8) is 0 Å². The quantitative estimate of drug-likeness (QED) is 0.810. The van der Waals surface area contributed by atoms with E-state index in [9.17, 15) is 0 Å². The fourth-order valence-electron chi connectivity index (χ4n) is 1.82. The second kappa shape index (κ2) is 7.81. The van der Waals surface area contributed by atoms with Gasteiger partial charge < -0.3 is 19.3 Å². The van der Waals surface area contributed by atoms with Crippen LogP contribution in [-0.2, 0) is 24.5 Å². The van der Waals surface area contributed by atoms with Gasteiger partial charge in [0.05, 0.1) is 0 Å². The van der Waals surface area contributed by atoms with Crippen LogP contribution in [0.5, 0.6) is 5.75 Å². The fourth-order valence-corrected chi connectivity index (χ4v) is 1.82. The number of benzene rings is 1. The molecule has 0 saturated heterocycles. The highest BCUT2D eigenvalue weighted by molar-refractivity contribution is 5.27. The Bertz CT molecular complexity index is 535. The SMILES string of the molecule is COCc1cc(COc2ccc(CNC(C)C)cc2)no1. The van der Waals surface area contributed by atoms with Crippen LogP contribution in [0.2, 0.25) is 0 Å². The maximum Gasteiger partial charge on any atom is 0.162 e. The first-order valence-corrected chi connectivity index (χ1v) is 7.06. The smallest absolute Gasteiger partial charge is 0.162 e. The molecule has 0 atom stereocenters. The van der Waals surface area contributed by atoms with Crippen LogP contribution in [0.4, 0.5) is 0 Å². The predicted octanol–water partition coefficient (Wildman–Crippen LogP) is 2.90. The number of ether oxygens (including phenoxy) is 2. The lowest BCUT2D eigenvalue weighted by atomic mass is 10.2. The maximum atomic E-state index is 5.68. The molecule has 0 fully saturated rings. The summed E-state index contributed by atoms with van der Waals surface area (Å²) in [5.74, 6) is 1.52. The van der Waals surface area contributed by atoms with Crippen molar-refractivity contribution in [2.24, 2.45) is 0 Å². The Hall–Kier alpha value is -1.85. The monoisotopic (exact) mass is 290 g/mol. The Kier molecular flexibility index (Phi) is 5.78. The molecule has 114 valence electrons. The second-order valence-electron chi connectivity index (χ2n) is 5.19. The Morgan fingerprint density at radius 3 is 2.62 bits per heavy atom. The number of methoxy groups -OCH3 is 1. The second-order valence-corrected chi connectivity index (χ2v) is 5.19. The van der Waals surface area contributed by atoms with Crippen LogP contribution < -0.4 is 10.1 Å². The van der Waals surface area contributed by atoms with Crippen molar-refractivity contribution in [1.29, 1.82) is 0 Å². The average molecular weight is 290 g/mol. The van der Waals surface area contributed by atoms with Crippen LogP contribution in [0.15, 0.2) is 34.9 Å². The summed E-state index contributed by atoms with van der Waals surface area (Å²) in [5, 5.41) is 7.30. The lowest BCUT2D eigenvalue weighted by Gasteiger charge is -2.09. The third kappa shape index (κ3) is 5.21. The molecule has 5 heteroatoms. The highest BCUT2D eigenvalue weighted by Crippen LogP contribution is 2.14. The molecule has 5 nitrogen and oxygen atoms in total. The first kappa shape index (κ1) is 15.5. The van der Waals surface area contributed by atoms with Gasteiger partial charge in [-0.2, -0.15) is 0 Å². The molecule has 0 aliphatic carbocycles. The Labute approximate surface area is 125 Å². The average Bonchev–Trinajstić information content (AvgIpc) is 2.92. The summed E-state index contributed by atoms with van der Waals surface area (Å²) in [4.78, 5) is 0. The van der Waals surface area contributed by atoms with Gasteiger partial charge >= 0.3 is 0 Å². The highest BCUT2D eigenvalue weighted by Gasteiger charge is 2.05. The summed E-state index contributed by atoms with van der Waals surface area (Å²) in [7, 11) is 1.62. The standard InChI is InChI=1S/C16H22N2O3/c1-12(2)17-9-13-4-6-15(7-5-13)20-10-14-8-16(11-19-3)21-18-14/h4-8,12,17H,9-11H2,1-3H3. The first-order valence-electron chi connectivity index (χ1n) is 7.06. The molecule has 1 N–H and O–H groups in total. The molecule has 1 heterocycles. The zero-order valence-corrected chi connectivity index (χ0v) is 12.8. The van der Waals surface area contributed by atoms with Crippen molar-refractivity contribution in [2.75, 3.05) is 7.11 Å². The largest absolute Gasteiger partial charge is 0.487 e. The zero-order valence-electron chi connectivity index (χ0n) is 12.8. The summed E-state index contributed by atoms with van der Waals surface area (Å²) >= 11 is 0. The Morgan fingerprint density at radius 1 is 1.19 bits per heavy atom. The topological polar surface area (TPSA) is 56.5 Å². The molecule has 1 aromatic carbocycles. The van der Waals surface area contributed by atoms with Crippen LogP contribution in [-0.4, -0.2) is 18.3 Å². The molecule has 0 aliphatic rings. The molecular weight excluding hydrogens is 268 g/mol. The molecule has 0 spiro atoms. The maximum absolute atomic E-state index is 5.68. The number of hydrogen-bond acceptors (Lipinski definition) is 5. The number of aromatic nitrogens is 1. The molecule has 0 amide bonds. The number of rotatable bonds is 8. The van der Waals surface area contributed by atoms with E-state index in [0.29, 0.717) is 25.0 Å². The van der Waals surface area contributed by atoms with E-state index in [1.807, 2.05) is 18.2 Å². The minimum atomic E-state index is 0.386. The third-order valence-corrected chi connectivity index (χ3v) is 2.92. The normalized spacial score (nSPS) is 11.0. The van der Waals surface area contributed by atoms with E-state index in [2.05, 4.69) is 36.5 Å². The van der Waals surface area contributed by atoms with Gasteiger partial charge in [0.15, 0.2) is 5.76 Å². The third-order valence-electron chi connectivity index (χ3n) is 2.92. The van der Waals surface area contributed by atoms with Gasteiger partial charge in [0.25, 0.3) is 0 Å². The van der Waals surface area contributed by atoms with Crippen LogP contribution in [0.3, 0.4) is 0 Å². The van der Waals surface area contributed by atoms with Crippen LogP contribution >= 0.6 is 0 Å². The minimum absolute atomic E-state index is 0.386. The van der Waals surface area contributed by atoms with Crippen LogP contribution in [0.25, 0.3) is 0 Å². The lowest BCUT2D eigenvalue weighted by molar-refractivity contribution is 0.155. The minimum Gasteiger partial charge on any atom is -0.487 e. The fraction of sp³-hybridized carbons (Fsp3) is 0.438. The molecule has 0 aliphatic heterocycles. The zero-order chi connectivity index (χ0) is 15.1. The van der Waals surface area contributed by atoms with Gasteiger partial charge in [0.2, 0.25) is 0 Å². The van der Waals surface area contributed by atoms with Crippen molar-refractivity contribution in [3.05, 3.63) is 47.3 Å². The number of nitrogens with one attached hydrogen (secondary N) is 1. The Morgan fingerprint density at radius 2 is 1.95 bits per heavy atom. The Balaban J connectivity index is 1.82. The lowest BCUT2D eigenvalue weighted by Crippen LogP contribution is -2.21. The number of hydrogen-bond donors (Lipinski definition) is 1. The van der Waals surface area contributed by atoms with E-state index in [0.717, 1.165) is 18.0 Å². The van der Waals surface area contributed by atoms with Crippen LogP contribution in [0.1, 0.15) is 30.9 Å². The molecule has 2 aromatic rings. The molecule has 21 heavy (non-hydrogen) atoms. The van der Waals surface area contributed by atoms with Crippen LogP contribution in [0, 0.1) is 0 Å². The molecular formula is C16H22N2O3. The van der Waals surface area contributed by atoms with E-state index in [1.165, 1.54) is 5.56 Å². The van der Waals surface area contributed by atoms with Gasteiger partial charge in [-0.15, -0.1) is 0 Å². The van der Waals surface area contributed by atoms with E-state index in [1.54, 1.807) is 7.11 Å². The van der Waals surface area contributed by atoms with Gasteiger partial charge in [-0.25, -0.2) is 0 Å². The van der Waals surface area contributed by atoms with Gasteiger partial charge in [-0.05, 0) is 17.7 Å². The summed E-state index contributed by atoms with van der Waals surface area (Å²) in [6, 6.07) is 10.4. The highest BCUT2D eigenvalue weighted by atomic mass is 16.5. The van der Waals surface area contributed by atoms with Crippen molar-refractivity contribution < 1.29 is 14.0 Å². The van der Waals surface area contributed by atoms with Gasteiger partial charge in [-0.1, -0.05) is 31.1 Å². The van der Waals surface area contributed by atoms with Crippen molar-refractivity contribution in [3.8, 4) is 5.75 Å². The summed E-state index contributed by atoms with van der Waals surface area (Å²) in [5.41, 5.74) is 1.99. The summed E-state index contributed by atoms with van der Waals surface area (Å²) < 4.78 is 15.8. The molecule has 1 aromatic heterocycles. The van der Waals surface area contributed by atoms with Gasteiger partial charge in [0.1, 0.15) is 24.7 Å². The summed E-state index contributed by atoms with van der Waals surface area (Å²) in [6.45, 7) is 5.93. The molecule has 0 radical (unpaired) electrons. The van der Waals surface area contributed by atoms with E-state index in [-0.39, 0.29) is 0 Å². The van der Waals surface area contributed by atoms with Crippen molar-refractivity contribution >= 4 is 0 Å². The van der Waals surface area contributed by atoms with Crippen molar-refractivity contribution in [2.45, 2.75) is 39.6 Å². The molecule has 2 rings (SSSR count). The molecule has 0 bridgehead atoms. The van der Waals surface area contributed by atoms with E-state index < -0.39 is 0 Å².